The van der Waals surface area contributed by atoms with Crippen LogP contribution in [0.3, 0.4) is 0 Å². The molecular weight excluding hydrogens is 332 g/mol. The van der Waals surface area contributed by atoms with Gasteiger partial charge in [0.1, 0.15) is 5.75 Å². The Morgan fingerprint density at radius 1 is 1.12 bits per heavy atom. The zero-order chi connectivity index (χ0) is 18.2. The molecule has 0 bridgehead atoms. The van der Waals surface area contributed by atoms with Crippen molar-refractivity contribution in [2.75, 3.05) is 18.5 Å². The second kappa shape index (κ2) is 9.08. The van der Waals surface area contributed by atoms with Gasteiger partial charge in [0.25, 0.3) is 11.8 Å². The lowest BCUT2D eigenvalue weighted by Gasteiger charge is -2.21. The summed E-state index contributed by atoms with van der Waals surface area (Å²) in [6.07, 6.45) is 7.65. The summed E-state index contributed by atoms with van der Waals surface area (Å²) >= 11 is 0. The van der Waals surface area contributed by atoms with Crippen molar-refractivity contribution in [1.82, 2.24) is 5.32 Å². The molecule has 1 heterocycles. The summed E-state index contributed by atoms with van der Waals surface area (Å²) in [4.78, 5) is 23.9. The highest BCUT2D eigenvalue weighted by Gasteiger charge is 2.14. The summed E-state index contributed by atoms with van der Waals surface area (Å²) in [6.45, 7) is 0.684. The monoisotopic (exact) mass is 356 g/mol. The third-order valence-corrected chi connectivity index (χ3v) is 4.52. The topological polar surface area (TPSA) is 80.6 Å². The first-order chi connectivity index (χ1) is 12.7. The minimum atomic E-state index is -0.336. The minimum Gasteiger partial charge on any atom is -0.484 e. The van der Waals surface area contributed by atoms with E-state index >= 15 is 0 Å². The highest BCUT2D eigenvalue weighted by Crippen LogP contribution is 2.22. The van der Waals surface area contributed by atoms with E-state index in [1.54, 1.807) is 36.4 Å². The average molecular weight is 356 g/mol. The summed E-state index contributed by atoms with van der Waals surface area (Å²) in [5.41, 5.74) is 0.575. The molecule has 1 aliphatic rings. The zero-order valence-corrected chi connectivity index (χ0v) is 14.7. The van der Waals surface area contributed by atoms with Gasteiger partial charge >= 0.3 is 0 Å². The molecular formula is C20H24N2O4. The van der Waals surface area contributed by atoms with Crippen LogP contribution >= 0.6 is 0 Å². The lowest BCUT2D eigenvalue weighted by molar-refractivity contribution is -0.123. The van der Waals surface area contributed by atoms with Gasteiger partial charge < -0.3 is 19.8 Å². The summed E-state index contributed by atoms with van der Waals surface area (Å²) < 4.78 is 10.6. The molecule has 3 rings (SSSR count). The van der Waals surface area contributed by atoms with Gasteiger partial charge in [-0.1, -0.05) is 25.3 Å². The predicted molar refractivity (Wildman–Crippen MR) is 98.2 cm³/mol. The number of rotatable bonds is 7. The Balaban J connectivity index is 1.44. The molecule has 2 aromatic rings. The quantitative estimate of drug-likeness (QED) is 0.794. The number of amides is 2. The van der Waals surface area contributed by atoms with Crippen LogP contribution in [0.2, 0.25) is 0 Å². The summed E-state index contributed by atoms with van der Waals surface area (Å²) in [6, 6.07) is 10.2. The highest BCUT2D eigenvalue weighted by atomic mass is 16.5. The lowest BCUT2D eigenvalue weighted by atomic mass is 9.89. The Kier molecular flexibility index (Phi) is 6.30. The van der Waals surface area contributed by atoms with Crippen LogP contribution in [0, 0.1) is 5.92 Å². The Labute approximate surface area is 152 Å². The largest absolute Gasteiger partial charge is 0.484 e. The first kappa shape index (κ1) is 18.0. The van der Waals surface area contributed by atoms with E-state index < -0.39 is 0 Å². The van der Waals surface area contributed by atoms with Gasteiger partial charge in [0.15, 0.2) is 12.4 Å². The maximum atomic E-state index is 12.0. The Morgan fingerprint density at radius 2 is 1.96 bits per heavy atom. The van der Waals surface area contributed by atoms with Gasteiger partial charge in [0.2, 0.25) is 0 Å². The summed E-state index contributed by atoms with van der Waals surface area (Å²) in [5, 5.41) is 5.67. The van der Waals surface area contributed by atoms with Crippen LogP contribution in [0.4, 0.5) is 5.69 Å². The van der Waals surface area contributed by atoms with Crippen molar-refractivity contribution in [3.63, 3.8) is 0 Å². The summed E-state index contributed by atoms with van der Waals surface area (Å²) in [7, 11) is 0. The molecule has 0 saturated heterocycles. The van der Waals surface area contributed by atoms with Gasteiger partial charge in [-0.2, -0.15) is 0 Å². The van der Waals surface area contributed by atoms with Gasteiger partial charge in [-0.05, 0) is 43.0 Å². The van der Waals surface area contributed by atoms with Crippen LogP contribution in [-0.2, 0) is 4.79 Å². The third kappa shape index (κ3) is 5.37. The standard InChI is InChI=1S/C20H24N2O4/c23-19(21-13-15-6-2-1-3-7-15)14-26-17-9-4-8-16(12-17)22-20(24)18-10-5-11-25-18/h4-5,8-12,15H,1-3,6-7,13-14H2,(H,21,23)(H,22,24). The van der Waals surface area contributed by atoms with Crippen molar-refractivity contribution in [2.45, 2.75) is 32.1 Å². The SMILES string of the molecule is O=C(COc1cccc(NC(=O)c2ccco2)c1)NCC1CCCCC1. The number of anilines is 1. The van der Waals surface area contributed by atoms with Crippen molar-refractivity contribution < 1.29 is 18.7 Å². The molecule has 0 radical (unpaired) electrons. The van der Waals surface area contributed by atoms with E-state index in [2.05, 4.69) is 10.6 Å². The second-order valence-corrected chi connectivity index (χ2v) is 6.56. The van der Waals surface area contributed by atoms with E-state index in [-0.39, 0.29) is 24.2 Å². The number of furan rings is 1. The lowest BCUT2D eigenvalue weighted by Crippen LogP contribution is -2.33. The van der Waals surface area contributed by atoms with Gasteiger partial charge in [0.05, 0.1) is 6.26 Å². The predicted octanol–water partition coefficient (Wildman–Crippen LogP) is 3.61. The molecule has 1 aromatic heterocycles. The van der Waals surface area contributed by atoms with E-state index in [0.717, 1.165) is 6.54 Å². The van der Waals surface area contributed by atoms with E-state index in [1.165, 1.54) is 38.4 Å². The van der Waals surface area contributed by atoms with Crippen LogP contribution in [-0.4, -0.2) is 25.0 Å². The maximum absolute atomic E-state index is 12.0. The molecule has 0 aliphatic heterocycles. The van der Waals surface area contributed by atoms with E-state index in [9.17, 15) is 9.59 Å². The molecule has 1 saturated carbocycles. The fraction of sp³-hybridized carbons (Fsp3) is 0.400. The molecule has 2 amide bonds. The zero-order valence-electron chi connectivity index (χ0n) is 14.7. The molecule has 6 nitrogen and oxygen atoms in total. The van der Waals surface area contributed by atoms with Gasteiger partial charge in [-0.25, -0.2) is 0 Å². The maximum Gasteiger partial charge on any atom is 0.291 e. The number of nitrogens with one attached hydrogen (secondary N) is 2. The minimum absolute atomic E-state index is 0.0394. The number of hydrogen-bond donors (Lipinski definition) is 2. The van der Waals surface area contributed by atoms with Crippen molar-refractivity contribution in [3.8, 4) is 5.75 Å². The van der Waals surface area contributed by atoms with Crippen molar-refractivity contribution in [3.05, 3.63) is 48.4 Å². The molecule has 26 heavy (non-hydrogen) atoms. The van der Waals surface area contributed by atoms with Crippen LogP contribution in [0.25, 0.3) is 0 Å². The molecule has 1 aliphatic carbocycles. The van der Waals surface area contributed by atoms with E-state index in [0.29, 0.717) is 17.4 Å². The number of hydrogen-bond acceptors (Lipinski definition) is 4. The molecule has 6 heteroatoms. The molecule has 1 fully saturated rings. The number of ether oxygens (including phenoxy) is 1. The van der Waals surface area contributed by atoms with Crippen molar-refractivity contribution in [1.29, 1.82) is 0 Å². The van der Waals surface area contributed by atoms with Crippen molar-refractivity contribution in [2.24, 2.45) is 5.92 Å². The fourth-order valence-corrected chi connectivity index (χ4v) is 3.11. The molecule has 138 valence electrons. The molecule has 0 spiro atoms. The highest BCUT2D eigenvalue weighted by molar-refractivity contribution is 6.02. The molecule has 0 atom stereocenters. The van der Waals surface area contributed by atoms with E-state index in [1.807, 2.05) is 0 Å². The van der Waals surface area contributed by atoms with Crippen LogP contribution in [0.1, 0.15) is 42.7 Å². The Morgan fingerprint density at radius 3 is 2.73 bits per heavy atom. The van der Waals surface area contributed by atoms with Crippen molar-refractivity contribution >= 4 is 17.5 Å². The van der Waals surface area contributed by atoms with Crippen LogP contribution in [0.15, 0.2) is 47.1 Å². The third-order valence-electron chi connectivity index (χ3n) is 4.52. The number of carbonyl (C=O) groups excluding carboxylic acids is 2. The molecule has 2 N–H and O–H groups in total. The van der Waals surface area contributed by atoms with Gasteiger partial charge in [0, 0.05) is 18.3 Å². The van der Waals surface area contributed by atoms with E-state index in [4.69, 9.17) is 9.15 Å². The Bertz CT molecular complexity index is 721. The van der Waals surface area contributed by atoms with Crippen LogP contribution < -0.4 is 15.4 Å². The number of carbonyl (C=O) groups is 2. The van der Waals surface area contributed by atoms with Crippen LogP contribution in [0.5, 0.6) is 5.75 Å². The first-order valence-corrected chi connectivity index (χ1v) is 9.05. The number of benzene rings is 1. The molecule has 1 aromatic carbocycles. The average Bonchev–Trinajstić information content (AvgIpc) is 3.21. The molecule has 0 unspecified atom stereocenters. The van der Waals surface area contributed by atoms with Gasteiger partial charge in [-0.3, -0.25) is 9.59 Å². The van der Waals surface area contributed by atoms with Gasteiger partial charge in [-0.15, -0.1) is 0 Å². The fourth-order valence-electron chi connectivity index (χ4n) is 3.11. The smallest absolute Gasteiger partial charge is 0.291 e. The normalized spacial score (nSPS) is 14.6. The second-order valence-electron chi connectivity index (χ2n) is 6.56. The first-order valence-electron chi connectivity index (χ1n) is 9.05. The summed E-state index contributed by atoms with van der Waals surface area (Å²) in [5.74, 6) is 0.888. The Hall–Kier alpha value is -2.76.